The van der Waals surface area contributed by atoms with Crippen molar-refractivity contribution < 1.29 is 4.74 Å². The van der Waals surface area contributed by atoms with Gasteiger partial charge in [0.25, 0.3) is 5.56 Å². The van der Waals surface area contributed by atoms with E-state index in [0.29, 0.717) is 39.1 Å². The molecule has 0 bridgehead atoms. The first-order valence-corrected chi connectivity index (χ1v) is 10.2. The van der Waals surface area contributed by atoms with Gasteiger partial charge in [-0.05, 0) is 44.2 Å². The maximum Gasteiger partial charge on any atom is 0.253 e. The number of nitrogens with zero attached hydrogens (tertiary/aromatic N) is 4. The molecular formula is C23H19ClN6O2. The SMILES string of the molecule is Cc1nc(N[C@@H](C)c2cc3ccc(OCc4ccccn4)c(Cl)c3[nH]c2=O)ncc1C#N. The van der Waals surface area contributed by atoms with Crippen LogP contribution in [0.15, 0.2) is 53.6 Å². The van der Waals surface area contributed by atoms with Gasteiger partial charge in [-0.1, -0.05) is 17.7 Å². The Bertz CT molecular complexity index is 1380. The molecule has 9 heteroatoms. The van der Waals surface area contributed by atoms with Crippen LogP contribution in [0.4, 0.5) is 5.95 Å². The molecular weight excluding hydrogens is 428 g/mol. The van der Waals surface area contributed by atoms with E-state index in [2.05, 4.69) is 25.3 Å². The van der Waals surface area contributed by atoms with Crippen LogP contribution in [0.5, 0.6) is 5.75 Å². The average molecular weight is 447 g/mol. The third-order valence-electron chi connectivity index (χ3n) is 4.96. The smallest absolute Gasteiger partial charge is 0.253 e. The lowest BCUT2D eigenvalue weighted by atomic mass is 10.1. The van der Waals surface area contributed by atoms with Crippen molar-refractivity contribution in [1.29, 1.82) is 5.26 Å². The van der Waals surface area contributed by atoms with Crippen LogP contribution in [-0.2, 0) is 6.61 Å². The van der Waals surface area contributed by atoms with Gasteiger partial charge in [0.2, 0.25) is 5.95 Å². The Balaban J connectivity index is 1.58. The Morgan fingerprint density at radius 1 is 1.28 bits per heavy atom. The predicted molar refractivity (Wildman–Crippen MR) is 122 cm³/mol. The number of ether oxygens (including phenoxy) is 1. The fourth-order valence-corrected chi connectivity index (χ4v) is 3.50. The Morgan fingerprint density at radius 2 is 2.12 bits per heavy atom. The summed E-state index contributed by atoms with van der Waals surface area (Å²) in [5, 5.41) is 13.2. The summed E-state index contributed by atoms with van der Waals surface area (Å²) in [6, 6.07) is 12.6. The number of anilines is 1. The fraction of sp³-hybridized carbons (Fsp3) is 0.174. The summed E-state index contributed by atoms with van der Waals surface area (Å²) in [5.41, 5.74) is 2.45. The maximum absolute atomic E-state index is 12.8. The lowest BCUT2D eigenvalue weighted by molar-refractivity contribution is 0.302. The van der Waals surface area contributed by atoms with E-state index in [9.17, 15) is 4.79 Å². The van der Waals surface area contributed by atoms with Crippen LogP contribution in [0.25, 0.3) is 10.9 Å². The second kappa shape index (κ2) is 9.04. The first-order chi connectivity index (χ1) is 15.5. The topological polar surface area (TPSA) is 117 Å². The largest absolute Gasteiger partial charge is 0.486 e. The van der Waals surface area contributed by atoms with Crippen LogP contribution in [0.2, 0.25) is 5.02 Å². The summed E-state index contributed by atoms with van der Waals surface area (Å²) in [6.45, 7) is 3.83. The van der Waals surface area contributed by atoms with Gasteiger partial charge in [-0.3, -0.25) is 9.78 Å². The third kappa shape index (κ3) is 4.38. The van der Waals surface area contributed by atoms with Crippen molar-refractivity contribution in [3.63, 3.8) is 0 Å². The van der Waals surface area contributed by atoms with Gasteiger partial charge in [0.15, 0.2) is 0 Å². The number of aromatic amines is 1. The number of hydrogen-bond donors (Lipinski definition) is 2. The molecule has 1 atom stereocenters. The molecule has 0 unspecified atom stereocenters. The Labute approximate surface area is 188 Å². The van der Waals surface area contributed by atoms with Crippen molar-refractivity contribution >= 4 is 28.5 Å². The molecule has 0 radical (unpaired) electrons. The highest BCUT2D eigenvalue weighted by molar-refractivity contribution is 6.36. The highest BCUT2D eigenvalue weighted by Crippen LogP contribution is 2.32. The van der Waals surface area contributed by atoms with E-state index in [-0.39, 0.29) is 18.2 Å². The number of nitriles is 1. The van der Waals surface area contributed by atoms with Crippen molar-refractivity contribution in [3.05, 3.63) is 86.7 Å². The van der Waals surface area contributed by atoms with Crippen molar-refractivity contribution in [2.24, 2.45) is 0 Å². The highest BCUT2D eigenvalue weighted by atomic mass is 35.5. The van der Waals surface area contributed by atoms with Crippen molar-refractivity contribution in [2.75, 3.05) is 5.32 Å². The highest BCUT2D eigenvalue weighted by Gasteiger charge is 2.16. The number of aryl methyl sites for hydroxylation is 1. The van der Waals surface area contributed by atoms with E-state index in [0.717, 1.165) is 11.1 Å². The first kappa shape index (κ1) is 21.3. The fourth-order valence-electron chi connectivity index (χ4n) is 3.22. The Morgan fingerprint density at radius 3 is 2.84 bits per heavy atom. The quantitative estimate of drug-likeness (QED) is 0.453. The van der Waals surface area contributed by atoms with Crippen LogP contribution in [0.3, 0.4) is 0 Å². The zero-order valence-corrected chi connectivity index (χ0v) is 18.1. The number of fused-ring (bicyclic) bond motifs is 1. The van der Waals surface area contributed by atoms with E-state index < -0.39 is 0 Å². The summed E-state index contributed by atoms with van der Waals surface area (Å²) in [4.78, 5) is 28.3. The van der Waals surface area contributed by atoms with Crippen molar-refractivity contribution in [3.8, 4) is 11.8 Å². The molecule has 8 nitrogen and oxygen atoms in total. The molecule has 0 aliphatic rings. The van der Waals surface area contributed by atoms with Crippen molar-refractivity contribution in [1.82, 2.24) is 19.9 Å². The Hall–Kier alpha value is -3.96. The summed E-state index contributed by atoms with van der Waals surface area (Å²) >= 11 is 6.51. The predicted octanol–water partition coefficient (Wildman–Crippen LogP) is 4.30. The van der Waals surface area contributed by atoms with Crippen molar-refractivity contribution in [2.45, 2.75) is 26.5 Å². The number of H-pyrrole nitrogens is 1. The zero-order valence-electron chi connectivity index (χ0n) is 17.4. The average Bonchev–Trinajstić information content (AvgIpc) is 2.79. The molecule has 0 spiro atoms. The zero-order chi connectivity index (χ0) is 22.7. The number of rotatable bonds is 6. The normalized spacial score (nSPS) is 11.7. The number of aromatic nitrogens is 4. The van der Waals surface area contributed by atoms with Gasteiger partial charge in [0, 0.05) is 17.1 Å². The number of pyridine rings is 2. The second-order valence-corrected chi connectivity index (χ2v) is 7.55. The summed E-state index contributed by atoms with van der Waals surface area (Å²) < 4.78 is 5.79. The summed E-state index contributed by atoms with van der Waals surface area (Å²) in [5.74, 6) is 0.797. The minimum absolute atomic E-state index is 0.263. The van der Waals surface area contributed by atoms with Gasteiger partial charge in [-0.25, -0.2) is 9.97 Å². The van der Waals surface area contributed by atoms with Gasteiger partial charge < -0.3 is 15.0 Å². The van der Waals surface area contributed by atoms with Gasteiger partial charge in [0.05, 0.1) is 34.7 Å². The molecule has 4 rings (SSSR count). The molecule has 0 fully saturated rings. The molecule has 0 saturated heterocycles. The van der Waals surface area contributed by atoms with Crippen LogP contribution in [0.1, 0.15) is 35.5 Å². The standard InChI is InChI=1S/C23H19ClN6O2/c1-13-16(10-25)11-27-23(28-13)29-14(2)18-9-15-6-7-19(20(24)21(15)30-22(18)31)32-12-17-5-3-4-8-26-17/h3-9,11,14H,12H2,1-2H3,(H,30,31)(H,27,28,29)/t14-/m0/s1. The van der Waals surface area contributed by atoms with Crippen LogP contribution < -0.4 is 15.6 Å². The van der Waals surface area contributed by atoms with E-state index in [1.54, 1.807) is 25.3 Å². The lowest BCUT2D eigenvalue weighted by Crippen LogP contribution is -2.20. The van der Waals surface area contributed by atoms with Crippen LogP contribution >= 0.6 is 11.6 Å². The maximum atomic E-state index is 12.8. The minimum atomic E-state index is -0.380. The number of benzene rings is 1. The van der Waals surface area contributed by atoms with Crippen LogP contribution in [0, 0.1) is 18.3 Å². The molecule has 0 amide bonds. The second-order valence-electron chi connectivity index (χ2n) is 7.18. The molecule has 160 valence electrons. The molecule has 2 N–H and O–H groups in total. The monoisotopic (exact) mass is 446 g/mol. The molecule has 0 saturated carbocycles. The van der Waals surface area contributed by atoms with Gasteiger partial charge >= 0.3 is 0 Å². The number of nitrogens with one attached hydrogen (secondary N) is 2. The van der Waals surface area contributed by atoms with E-state index in [1.807, 2.05) is 37.3 Å². The molecule has 3 aromatic heterocycles. The number of hydrogen-bond acceptors (Lipinski definition) is 7. The van der Waals surface area contributed by atoms with E-state index in [4.69, 9.17) is 21.6 Å². The summed E-state index contributed by atoms with van der Waals surface area (Å²) in [6.07, 6.45) is 3.15. The first-order valence-electron chi connectivity index (χ1n) is 9.84. The molecule has 3 heterocycles. The van der Waals surface area contributed by atoms with Crippen LogP contribution in [-0.4, -0.2) is 19.9 Å². The van der Waals surface area contributed by atoms with Gasteiger partial charge in [-0.2, -0.15) is 5.26 Å². The molecule has 0 aliphatic heterocycles. The van der Waals surface area contributed by atoms with Gasteiger partial charge in [0.1, 0.15) is 23.4 Å². The van der Waals surface area contributed by atoms with E-state index in [1.165, 1.54) is 6.20 Å². The lowest BCUT2D eigenvalue weighted by Gasteiger charge is -2.15. The minimum Gasteiger partial charge on any atom is -0.486 e. The van der Waals surface area contributed by atoms with Gasteiger partial charge in [-0.15, -0.1) is 0 Å². The molecule has 1 aromatic carbocycles. The Kier molecular flexibility index (Phi) is 6.01. The van der Waals surface area contributed by atoms with E-state index >= 15 is 0 Å². The third-order valence-corrected chi connectivity index (χ3v) is 5.34. The molecule has 32 heavy (non-hydrogen) atoms. The molecule has 4 aromatic rings. The summed E-state index contributed by atoms with van der Waals surface area (Å²) in [7, 11) is 0. The molecule has 0 aliphatic carbocycles. The number of halogens is 1.